The van der Waals surface area contributed by atoms with Gasteiger partial charge in [-0.3, -0.25) is 0 Å². The van der Waals surface area contributed by atoms with Gasteiger partial charge in [0.1, 0.15) is 10.6 Å². The average molecular weight is 209 g/mol. The highest BCUT2D eigenvalue weighted by atomic mass is 32.1. The van der Waals surface area contributed by atoms with Gasteiger partial charge >= 0.3 is 5.97 Å². The van der Waals surface area contributed by atoms with Crippen molar-refractivity contribution in [3.05, 3.63) is 23.1 Å². The van der Waals surface area contributed by atoms with E-state index in [0.29, 0.717) is 15.8 Å². The molecule has 0 fully saturated rings. The molecule has 0 amide bonds. The number of phenols is 1. The van der Waals surface area contributed by atoms with Crippen LogP contribution in [0.25, 0.3) is 10.1 Å². The van der Waals surface area contributed by atoms with Crippen LogP contribution in [-0.2, 0) is 0 Å². The van der Waals surface area contributed by atoms with E-state index < -0.39 is 5.97 Å². The van der Waals surface area contributed by atoms with E-state index in [-0.39, 0.29) is 10.6 Å². The van der Waals surface area contributed by atoms with Crippen LogP contribution in [-0.4, -0.2) is 16.2 Å². The molecule has 0 spiro atoms. The number of phenolic OH excluding ortho intramolecular Hbond substituents is 1. The van der Waals surface area contributed by atoms with Crippen molar-refractivity contribution in [2.75, 3.05) is 5.73 Å². The number of carboxylic acid groups (broad SMARTS) is 1. The second kappa shape index (κ2) is 2.88. The van der Waals surface area contributed by atoms with Gasteiger partial charge in [-0.1, -0.05) is 0 Å². The Balaban J connectivity index is 2.76. The number of hydrogen-bond donors (Lipinski definition) is 3. The molecule has 72 valence electrons. The molecule has 2 aromatic rings. The summed E-state index contributed by atoms with van der Waals surface area (Å²) in [6, 6.07) is 4.40. The first kappa shape index (κ1) is 8.83. The van der Waals surface area contributed by atoms with Crippen molar-refractivity contribution >= 4 is 33.1 Å². The molecule has 0 aliphatic rings. The van der Waals surface area contributed by atoms with Gasteiger partial charge in [0.05, 0.1) is 10.4 Å². The Morgan fingerprint density at radius 2 is 2.07 bits per heavy atom. The smallest absolute Gasteiger partial charge is 0.345 e. The molecular weight excluding hydrogens is 202 g/mol. The van der Waals surface area contributed by atoms with Gasteiger partial charge in [-0.05, 0) is 17.5 Å². The SMILES string of the molecule is Nc1cc(O)cc2cc(C(=O)O)sc12. The molecule has 0 aliphatic carbocycles. The Kier molecular flexibility index (Phi) is 1.82. The van der Waals surface area contributed by atoms with Crippen LogP contribution in [0.1, 0.15) is 9.67 Å². The van der Waals surface area contributed by atoms with Gasteiger partial charge in [0.25, 0.3) is 0 Å². The van der Waals surface area contributed by atoms with E-state index in [9.17, 15) is 9.90 Å². The minimum Gasteiger partial charge on any atom is -0.508 e. The van der Waals surface area contributed by atoms with Gasteiger partial charge in [-0.15, -0.1) is 11.3 Å². The lowest BCUT2D eigenvalue weighted by Crippen LogP contribution is -1.89. The van der Waals surface area contributed by atoms with E-state index in [4.69, 9.17) is 10.8 Å². The molecule has 1 aromatic heterocycles. The Labute approximate surface area is 83.2 Å². The van der Waals surface area contributed by atoms with Gasteiger partial charge in [0.2, 0.25) is 0 Å². The Bertz CT molecular complexity index is 518. The van der Waals surface area contributed by atoms with E-state index in [0.717, 1.165) is 11.3 Å². The normalized spacial score (nSPS) is 10.6. The van der Waals surface area contributed by atoms with Crippen LogP contribution in [0.15, 0.2) is 18.2 Å². The first-order valence-corrected chi connectivity index (χ1v) is 4.65. The van der Waals surface area contributed by atoms with E-state index >= 15 is 0 Å². The molecule has 4 nitrogen and oxygen atoms in total. The van der Waals surface area contributed by atoms with Crippen molar-refractivity contribution in [1.82, 2.24) is 0 Å². The van der Waals surface area contributed by atoms with Crippen molar-refractivity contribution in [3.63, 3.8) is 0 Å². The van der Waals surface area contributed by atoms with Crippen molar-refractivity contribution in [3.8, 4) is 5.75 Å². The lowest BCUT2D eigenvalue weighted by atomic mass is 10.2. The number of aromatic hydroxyl groups is 1. The van der Waals surface area contributed by atoms with Gasteiger partial charge in [0.15, 0.2) is 0 Å². The highest BCUT2D eigenvalue weighted by Crippen LogP contribution is 2.33. The number of anilines is 1. The van der Waals surface area contributed by atoms with Crippen LogP contribution in [0.2, 0.25) is 0 Å². The molecule has 5 heteroatoms. The van der Waals surface area contributed by atoms with E-state index in [1.165, 1.54) is 18.2 Å². The number of thiophene rings is 1. The third-order valence-electron chi connectivity index (χ3n) is 1.84. The number of aromatic carboxylic acids is 1. The molecule has 0 radical (unpaired) electrons. The maximum Gasteiger partial charge on any atom is 0.345 e. The molecule has 14 heavy (non-hydrogen) atoms. The van der Waals surface area contributed by atoms with Gasteiger partial charge in [-0.2, -0.15) is 0 Å². The topological polar surface area (TPSA) is 83.5 Å². The summed E-state index contributed by atoms with van der Waals surface area (Å²) in [5, 5.41) is 18.6. The van der Waals surface area contributed by atoms with Crippen molar-refractivity contribution in [2.45, 2.75) is 0 Å². The van der Waals surface area contributed by atoms with Gasteiger partial charge < -0.3 is 15.9 Å². The van der Waals surface area contributed by atoms with Gasteiger partial charge in [0, 0.05) is 6.07 Å². The summed E-state index contributed by atoms with van der Waals surface area (Å²) in [5.74, 6) is -0.935. The van der Waals surface area contributed by atoms with E-state index in [1.807, 2.05) is 0 Å². The summed E-state index contributed by atoms with van der Waals surface area (Å²) in [6.45, 7) is 0. The second-order valence-electron chi connectivity index (χ2n) is 2.87. The molecule has 0 atom stereocenters. The zero-order valence-electron chi connectivity index (χ0n) is 7.02. The predicted molar refractivity (Wildman–Crippen MR) is 54.9 cm³/mol. The van der Waals surface area contributed by atoms with E-state index in [2.05, 4.69) is 0 Å². The molecule has 0 unspecified atom stereocenters. The molecule has 0 saturated heterocycles. The summed E-state index contributed by atoms with van der Waals surface area (Å²) in [7, 11) is 0. The quantitative estimate of drug-likeness (QED) is 0.626. The Morgan fingerprint density at radius 1 is 1.36 bits per heavy atom. The fourth-order valence-corrected chi connectivity index (χ4v) is 2.17. The number of nitrogens with two attached hydrogens (primary N) is 1. The van der Waals surface area contributed by atoms with Crippen molar-refractivity contribution in [2.24, 2.45) is 0 Å². The standard InChI is InChI=1S/C9H7NO3S/c10-6-3-5(11)1-4-2-7(9(12)13)14-8(4)6/h1-3,11H,10H2,(H,12,13). The zero-order chi connectivity index (χ0) is 10.3. The number of carbonyl (C=O) groups is 1. The van der Waals surface area contributed by atoms with Crippen molar-refractivity contribution < 1.29 is 15.0 Å². The third-order valence-corrected chi connectivity index (χ3v) is 3.03. The minimum atomic E-state index is -0.981. The van der Waals surface area contributed by atoms with Crippen LogP contribution in [0, 0.1) is 0 Å². The van der Waals surface area contributed by atoms with Crippen LogP contribution in [0.5, 0.6) is 5.75 Å². The summed E-state index contributed by atoms with van der Waals surface area (Å²) >= 11 is 1.11. The lowest BCUT2D eigenvalue weighted by molar-refractivity contribution is 0.0702. The summed E-state index contributed by atoms with van der Waals surface area (Å²) in [5.41, 5.74) is 6.03. The number of nitrogen functional groups attached to an aromatic ring is 1. The largest absolute Gasteiger partial charge is 0.508 e. The second-order valence-corrected chi connectivity index (χ2v) is 3.92. The summed E-state index contributed by atoms with van der Waals surface area (Å²) < 4.78 is 0.695. The molecule has 1 aromatic carbocycles. The molecule has 2 rings (SSSR count). The molecule has 0 bridgehead atoms. The van der Waals surface area contributed by atoms with E-state index in [1.54, 1.807) is 0 Å². The number of hydrogen-bond acceptors (Lipinski definition) is 4. The first-order chi connectivity index (χ1) is 6.58. The maximum absolute atomic E-state index is 10.7. The van der Waals surface area contributed by atoms with Crippen LogP contribution < -0.4 is 5.73 Å². The van der Waals surface area contributed by atoms with Gasteiger partial charge in [-0.25, -0.2) is 4.79 Å². The predicted octanol–water partition coefficient (Wildman–Crippen LogP) is 1.89. The third kappa shape index (κ3) is 1.27. The summed E-state index contributed by atoms with van der Waals surface area (Å²) in [4.78, 5) is 10.9. The number of benzene rings is 1. The monoisotopic (exact) mass is 209 g/mol. The zero-order valence-corrected chi connectivity index (χ0v) is 7.84. The van der Waals surface area contributed by atoms with Crippen molar-refractivity contribution in [1.29, 1.82) is 0 Å². The lowest BCUT2D eigenvalue weighted by Gasteiger charge is -1.96. The molecule has 1 heterocycles. The average Bonchev–Trinajstić information content (AvgIpc) is 2.47. The molecule has 4 N–H and O–H groups in total. The number of carboxylic acids is 1. The summed E-state index contributed by atoms with van der Waals surface area (Å²) in [6.07, 6.45) is 0. The highest BCUT2D eigenvalue weighted by Gasteiger charge is 2.10. The minimum absolute atomic E-state index is 0.0461. The number of fused-ring (bicyclic) bond motifs is 1. The fraction of sp³-hybridized carbons (Fsp3) is 0. The maximum atomic E-state index is 10.7. The molecule has 0 aliphatic heterocycles. The Hall–Kier alpha value is -1.75. The first-order valence-electron chi connectivity index (χ1n) is 3.83. The number of rotatable bonds is 1. The van der Waals surface area contributed by atoms with Crippen LogP contribution in [0.4, 0.5) is 5.69 Å². The molecule has 0 saturated carbocycles. The molecular formula is C9H7NO3S. The van der Waals surface area contributed by atoms with Crippen LogP contribution >= 0.6 is 11.3 Å². The Morgan fingerprint density at radius 3 is 2.71 bits per heavy atom. The fourth-order valence-electron chi connectivity index (χ4n) is 1.27. The van der Waals surface area contributed by atoms with Crippen LogP contribution in [0.3, 0.4) is 0 Å². The highest BCUT2D eigenvalue weighted by molar-refractivity contribution is 7.21.